The number of halogens is 5. The number of rotatable bonds is 11. The number of carboxylic acids is 1. The molecule has 10 nitrogen and oxygen atoms in total. The van der Waals surface area contributed by atoms with Crippen molar-refractivity contribution in [3.8, 4) is 5.75 Å². The molecule has 0 fully saturated rings. The summed E-state index contributed by atoms with van der Waals surface area (Å²) in [5.41, 5.74) is 7.88. The third-order valence-corrected chi connectivity index (χ3v) is 8.24. The molecule has 0 bridgehead atoms. The summed E-state index contributed by atoms with van der Waals surface area (Å²) in [7, 11) is -4.39. The number of benzene rings is 2. The third-order valence-electron chi connectivity index (χ3n) is 5.32. The fraction of sp³-hybridized carbons (Fsp3) is 0.292. The predicted octanol–water partition coefficient (Wildman–Crippen LogP) is 5.96. The molecule has 0 spiro atoms. The first-order valence-corrected chi connectivity index (χ1v) is 14.8. The van der Waals surface area contributed by atoms with E-state index in [0.717, 1.165) is 17.0 Å². The second-order valence-electron chi connectivity index (χ2n) is 8.18. The van der Waals surface area contributed by atoms with Crippen molar-refractivity contribution >= 4 is 67.0 Å². The van der Waals surface area contributed by atoms with Crippen LogP contribution in [0.15, 0.2) is 53.9 Å². The molecule has 3 aromatic rings. The van der Waals surface area contributed by atoms with Gasteiger partial charge in [-0.1, -0.05) is 23.5 Å². The van der Waals surface area contributed by atoms with Gasteiger partial charge in [0.2, 0.25) is 0 Å². The molecular weight excluding hydrogens is 634 g/mol. The Morgan fingerprint density at radius 3 is 2.07 bits per heavy atom. The Morgan fingerprint density at radius 1 is 1.12 bits per heavy atom. The van der Waals surface area contributed by atoms with E-state index in [1.807, 2.05) is 4.90 Å². The SMILES string of the molecule is Cc1csc([N+](=O)[O-])c1C(c1ccc(N)cc1)S(=O)(=O)Oc1ccc(N(CCCl)CCCl)cc1.O=C(O)C(F)(F)F. The Bertz CT molecular complexity index is 1430. The van der Waals surface area contributed by atoms with Crippen LogP contribution in [0.1, 0.15) is 21.9 Å². The van der Waals surface area contributed by atoms with Crippen LogP contribution in [0.5, 0.6) is 5.75 Å². The number of nitrogens with zero attached hydrogens (tertiary/aromatic N) is 2. The van der Waals surface area contributed by atoms with Gasteiger partial charge in [0.25, 0.3) is 0 Å². The number of carboxylic acid groups (broad SMARTS) is 1. The minimum Gasteiger partial charge on any atom is -0.475 e. The first-order valence-electron chi connectivity index (χ1n) is 11.4. The molecule has 0 saturated carbocycles. The van der Waals surface area contributed by atoms with Crippen molar-refractivity contribution in [3.05, 3.63) is 80.7 Å². The summed E-state index contributed by atoms with van der Waals surface area (Å²) in [6.45, 7) is 2.79. The van der Waals surface area contributed by atoms with Crippen molar-refractivity contribution < 1.29 is 40.6 Å². The number of aryl methyl sites for hydroxylation is 1. The lowest BCUT2D eigenvalue weighted by Gasteiger charge is -2.23. The number of thiophene rings is 1. The van der Waals surface area contributed by atoms with Gasteiger partial charge in [0.05, 0.1) is 10.5 Å². The molecule has 1 atom stereocenters. The normalized spacial score (nSPS) is 12.1. The minimum absolute atomic E-state index is 0.0757. The predicted molar refractivity (Wildman–Crippen MR) is 152 cm³/mol. The molecule has 2 aromatic carbocycles. The lowest BCUT2D eigenvalue weighted by atomic mass is 10.0. The fourth-order valence-corrected chi connectivity index (χ4v) is 6.46. The second-order valence-corrected chi connectivity index (χ2v) is 11.4. The van der Waals surface area contributed by atoms with E-state index in [1.54, 1.807) is 36.6 Å². The highest BCUT2D eigenvalue weighted by Gasteiger charge is 2.39. The fourth-order valence-electron chi connectivity index (χ4n) is 3.52. The molecular formula is C24H24Cl2F3N3O7S2. The van der Waals surface area contributed by atoms with Crippen molar-refractivity contribution in [2.75, 3.05) is 35.5 Å². The zero-order valence-electron chi connectivity index (χ0n) is 21.2. The second kappa shape index (κ2) is 14.6. The van der Waals surface area contributed by atoms with E-state index in [-0.39, 0.29) is 16.3 Å². The summed E-state index contributed by atoms with van der Waals surface area (Å²) in [4.78, 5) is 21.9. The van der Waals surface area contributed by atoms with Gasteiger partial charge in [-0.25, -0.2) is 4.79 Å². The zero-order valence-corrected chi connectivity index (χ0v) is 24.3. The van der Waals surface area contributed by atoms with Crippen LogP contribution in [0.2, 0.25) is 0 Å². The Balaban J connectivity index is 0.000000745. The van der Waals surface area contributed by atoms with Crippen molar-refractivity contribution in [3.63, 3.8) is 0 Å². The summed E-state index contributed by atoms with van der Waals surface area (Å²) >= 11 is 12.6. The summed E-state index contributed by atoms with van der Waals surface area (Å²) in [5.74, 6) is -1.86. The number of nitrogen functional groups attached to an aromatic ring is 1. The summed E-state index contributed by atoms with van der Waals surface area (Å²) in [5, 5.41) is 18.7. The summed E-state index contributed by atoms with van der Waals surface area (Å²) in [6, 6.07) is 12.6. The highest BCUT2D eigenvalue weighted by atomic mass is 35.5. The van der Waals surface area contributed by atoms with E-state index >= 15 is 0 Å². The Hall–Kier alpha value is -3.27. The molecule has 0 amide bonds. The highest BCUT2D eigenvalue weighted by molar-refractivity contribution is 7.87. The minimum atomic E-state index is -5.08. The molecule has 1 heterocycles. The quantitative estimate of drug-likeness (QED) is 0.0835. The van der Waals surface area contributed by atoms with Gasteiger partial charge >= 0.3 is 27.3 Å². The van der Waals surface area contributed by atoms with Crippen LogP contribution in [0, 0.1) is 17.0 Å². The summed E-state index contributed by atoms with van der Waals surface area (Å²) < 4.78 is 64.2. The largest absolute Gasteiger partial charge is 0.490 e. The topological polar surface area (TPSA) is 153 Å². The van der Waals surface area contributed by atoms with Gasteiger partial charge in [0.1, 0.15) is 5.75 Å². The van der Waals surface area contributed by atoms with Crippen LogP contribution in [-0.4, -0.2) is 55.4 Å². The zero-order chi connectivity index (χ0) is 31.0. The maximum Gasteiger partial charge on any atom is 0.490 e. The van der Waals surface area contributed by atoms with Crippen LogP contribution >= 0.6 is 34.5 Å². The van der Waals surface area contributed by atoms with E-state index in [0.29, 0.717) is 41.7 Å². The highest BCUT2D eigenvalue weighted by Crippen LogP contribution is 2.43. The maximum absolute atomic E-state index is 13.5. The molecule has 17 heteroatoms. The van der Waals surface area contributed by atoms with Crippen molar-refractivity contribution in [1.82, 2.24) is 0 Å². The van der Waals surface area contributed by atoms with Crippen LogP contribution in [0.25, 0.3) is 0 Å². The standard InChI is InChI=1S/C22H23Cl2N3O5S2.C2HF3O2/c1-15-14-33-22(27(28)29)20(15)21(16-2-4-17(25)5-3-16)34(30,31)32-19-8-6-18(7-9-19)26(12-10-23)13-11-24;3-2(4,5)1(6)7/h2-9,14,21H,10-13,25H2,1H3;(H,6,7). The van der Waals surface area contributed by atoms with Gasteiger partial charge in [-0.3, -0.25) is 10.1 Å². The molecule has 0 aliphatic heterocycles. The number of hydrogen-bond donors (Lipinski definition) is 2. The van der Waals surface area contributed by atoms with Crippen LogP contribution < -0.4 is 14.8 Å². The van der Waals surface area contributed by atoms with Crippen LogP contribution in [-0.2, 0) is 14.9 Å². The first-order chi connectivity index (χ1) is 19.1. The number of hydrogen-bond acceptors (Lipinski definition) is 9. The van der Waals surface area contributed by atoms with E-state index in [9.17, 15) is 31.7 Å². The molecule has 0 aliphatic rings. The number of nitro groups is 1. The Morgan fingerprint density at radius 2 is 1.63 bits per heavy atom. The van der Waals surface area contributed by atoms with Gasteiger partial charge in [-0.15, -0.1) is 23.2 Å². The van der Waals surface area contributed by atoms with Crippen LogP contribution in [0.4, 0.5) is 29.5 Å². The molecule has 0 saturated heterocycles. The number of anilines is 2. The van der Waals surface area contributed by atoms with Gasteiger partial charge < -0.3 is 19.9 Å². The monoisotopic (exact) mass is 657 g/mol. The molecule has 0 aliphatic carbocycles. The molecule has 224 valence electrons. The average Bonchev–Trinajstić information content (AvgIpc) is 3.26. The molecule has 1 aromatic heterocycles. The average molecular weight is 659 g/mol. The van der Waals surface area contributed by atoms with Gasteiger partial charge in [0.15, 0.2) is 5.25 Å². The number of alkyl halides is 5. The smallest absolute Gasteiger partial charge is 0.475 e. The molecule has 0 radical (unpaired) electrons. The van der Waals surface area contributed by atoms with Gasteiger partial charge in [-0.05, 0) is 54.4 Å². The van der Waals surface area contributed by atoms with E-state index in [2.05, 4.69) is 0 Å². The van der Waals surface area contributed by atoms with E-state index < -0.39 is 32.4 Å². The molecule has 41 heavy (non-hydrogen) atoms. The molecule has 3 N–H and O–H groups in total. The number of nitrogens with two attached hydrogens (primary N) is 1. The third kappa shape index (κ3) is 9.38. The van der Waals surface area contributed by atoms with Crippen molar-refractivity contribution in [2.45, 2.75) is 18.3 Å². The van der Waals surface area contributed by atoms with Crippen molar-refractivity contribution in [2.24, 2.45) is 0 Å². The van der Waals surface area contributed by atoms with E-state index in [1.165, 1.54) is 24.3 Å². The van der Waals surface area contributed by atoms with Gasteiger partial charge in [-0.2, -0.15) is 21.6 Å². The lowest BCUT2D eigenvalue weighted by Crippen LogP contribution is -2.27. The molecule has 3 rings (SSSR count). The van der Waals surface area contributed by atoms with Crippen LogP contribution in [0.3, 0.4) is 0 Å². The Labute approximate surface area is 247 Å². The number of aliphatic carboxylic acids is 1. The van der Waals surface area contributed by atoms with E-state index in [4.69, 9.17) is 43.0 Å². The first kappa shape index (κ1) is 33.9. The lowest BCUT2D eigenvalue weighted by molar-refractivity contribution is -0.380. The molecule has 1 unspecified atom stereocenters. The summed E-state index contributed by atoms with van der Waals surface area (Å²) in [6.07, 6.45) is -5.08. The number of carbonyl (C=O) groups is 1. The Kier molecular flexibility index (Phi) is 12.1. The van der Waals surface area contributed by atoms with Crippen molar-refractivity contribution in [1.29, 1.82) is 0 Å². The maximum atomic E-state index is 13.5. The van der Waals surface area contributed by atoms with Gasteiger partial charge in [0, 0.05) is 41.6 Å².